The molecule has 0 unspecified atom stereocenters. The fraction of sp³-hybridized carbons (Fsp3) is 0.143. The van der Waals surface area contributed by atoms with Crippen molar-refractivity contribution in [3.05, 3.63) is 47.0 Å². The molecule has 0 radical (unpaired) electrons. The van der Waals surface area contributed by atoms with Crippen LogP contribution in [0, 0.1) is 19.7 Å². The van der Waals surface area contributed by atoms with Gasteiger partial charge in [-0.25, -0.2) is 9.18 Å². The van der Waals surface area contributed by atoms with Gasteiger partial charge in [0.25, 0.3) is 0 Å². The lowest BCUT2D eigenvalue weighted by atomic mass is 9.99. The molecule has 4 nitrogen and oxygen atoms in total. The molecule has 2 N–H and O–H groups in total. The number of rotatable bonds is 2. The number of aryl methyl sites for hydroxylation is 2. The molecule has 0 spiro atoms. The zero-order valence-corrected chi connectivity index (χ0v) is 10.4. The lowest BCUT2D eigenvalue weighted by Gasteiger charge is -2.12. The first-order chi connectivity index (χ1) is 8.91. The highest BCUT2D eigenvalue weighted by molar-refractivity contribution is 5.95. The number of halogens is 1. The molecule has 0 bridgehead atoms. The van der Waals surface area contributed by atoms with Crippen LogP contribution in [0.5, 0.6) is 5.75 Å². The van der Waals surface area contributed by atoms with Gasteiger partial charge in [0.2, 0.25) is 0 Å². The molecule has 0 fully saturated rings. The second-order valence-corrected chi connectivity index (χ2v) is 4.19. The van der Waals surface area contributed by atoms with Crippen LogP contribution in [-0.4, -0.2) is 21.2 Å². The molecule has 98 valence electrons. The fourth-order valence-electron chi connectivity index (χ4n) is 2.05. The maximum absolute atomic E-state index is 12.9. The Labute approximate surface area is 109 Å². The molecule has 0 saturated heterocycles. The van der Waals surface area contributed by atoms with Crippen LogP contribution in [0.4, 0.5) is 4.39 Å². The summed E-state index contributed by atoms with van der Waals surface area (Å²) in [5.74, 6) is -1.99. The van der Waals surface area contributed by atoms with E-state index in [0.29, 0.717) is 16.8 Å². The zero-order valence-electron chi connectivity index (χ0n) is 10.4. The molecular weight excluding hydrogens is 249 g/mol. The third-order valence-corrected chi connectivity index (χ3v) is 2.88. The summed E-state index contributed by atoms with van der Waals surface area (Å²) < 4.78 is 12.9. The Balaban J connectivity index is 2.73. The summed E-state index contributed by atoms with van der Waals surface area (Å²) in [4.78, 5) is 15.3. The number of nitrogens with zero attached hydrogens (tertiary/aromatic N) is 1. The van der Waals surface area contributed by atoms with Crippen molar-refractivity contribution in [3.63, 3.8) is 0 Å². The van der Waals surface area contributed by atoms with Gasteiger partial charge in [-0.15, -0.1) is 0 Å². The maximum Gasteiger partial charge on any atom is 0.341 e. The van der Waals surface area contributed by atoms with E-state index in [1.807, 2.05) is 0 Å². The molecule has 0 aliphatic carbocycles. The van der Waals surface area contributed by atoms with E-state index in [4.69, 9.17) is 5.11 Å². The van der Waals surface area contributed by atoms with E-state index in [9.17, 15) is 14.3 Å². The molecule has 2 rings (SSSR count). The van der Waals surface area contributed by atoms with Crippen molar-refractivity contribution in [3.8, 4) is 16.9 Å². The van der Waals surface area contributed by atoms with Crippen molar-refractivity contribution < 1.29 is 19.4 Å². The lowest BCUT2D eigenvalue weighted by molar-refractivity contribution is 0.0692. The second kappa shape index (κ2) is 4.68. The normalized spacial score (nSPS) is 10.5. The Kier molecular flexibility index (Phi) is 3.21. The highest BCUT2D eigenvalue weighted by atomic mass is 19.1. The summed E-state index contributed by atoms with van der Waals surface area (Å²) in [6, 6.07) is 5.43. The van der Waals surface area contributed by atoms with E-state index in [0.717, 1.165) is 0 Å². The quantitative estimate of drug-likeness (QED) is 0.872. The van der Waals surface area contributed by atoms with Gasteiger partial charge in [-0.2, -0.15) is 0 Å². The molecule has 0 aliphatic heterocycles. The van der Waals surface area contributed by atoms with Gasteiger partial charge in [0.05, 0.1) is 5.69 Å². The topological polar surface area (TPSA) is 70.4 Å². The van der Waals surface area contributed by atoms with Gasteiger partial charge in [-0.1, -0.05) is 12.1 Å². The summed E-state index contributed by atoms with van der Waals surface area (Å²) >= 11 is 0. The number of aromatic hydroxyl groups is 1. The van der Waals surface area contributed by atoms with E-state index in [1.165, 1.54) is 31.2 Å². The number of carboxylic acid groups (broad SMARTS) is 1. The Morgan fingerprint density at radius 3 is 2.26 bits per heavy atom. The van der Waals surface area contributed by atoms with Crippen LogP contribution in [0.1, 0.15) is 21.7 Å². The third-order valence-electron chi connectivity index (χ3n) is 2.88. The fourth-order valence-corrected chi connectivity index (χ4v) is 2.05. The number of aromatic nitrogens is 1. The molecule has 0 saturated carbocycles. The molecule has 1 aromatic heterocycles. The second-order valence-electron chi connectivity index (χ2n) is 4.19. The molecule has 1 heterocycles. The van der Waals surface area contributed by atoms with E-state index in [-0.39, 0.29) is 17.0 Å². The molecule has 2 aromatic rings. The summed E-state index contributed by atoms with van der Waals surface area (Å²) in [7, 11) is 0. The number of pyridine rings is 1. The highest BCUT2D eigenvalue weighted by Gasteiger charge is 2.21. The van der Waals surface area contributed by atoms with Crippen LogP contribution < -0.4 is 0 Å². The summed E-state index contributed by atoms with van der Waals surface area (Å²) in [6.07, 6.45) is 0. The Bertz CT molecular complexity index is 651. The highest BCUT2D eigenvalue weighted by Crippen LogP contribution is 2.35. The van der Waals surface area contributed by atoms with E-state index < -0.39 is 11.8 Å². The maximum atomic E-state index is 12.9. The zero-order chi connectivity index (χ0) is 14.2. The number of aromatic carboxylic acids is 1. The van der Waals surface area contributed by atoms with Crippen LogP contribution in [0.3, 0.4) is 0 Å². The van der Waals surface area contributed by atoms with Crippen LogP contribution in [0.2, 0.25) is 0 Å². The lowest BCUT2D eigenvalue weighted by Crippen LogP contribution is -2.05. The Morgan fingerprint density at radius 1 is 1.16 bits per heavy atom. The predicted molar refractivity (Wildman–Crippen MR) is 67.7 cm³/mol. The first-order valence-electron chi connectivity index (χ1n) is 5.61. The summed E-state index contributed by atoms with van der Waals surface area (Å²) in [6.45, 7) is 3.18. The molecule has 19 heavy (non-hydrogen) atoms. The largest absolute Gasteiger partial charge is 0.506 e. The standard InChI is InChI=1S/C14H12FNO3/c1-7-11(9-3-5-10(15)6-4-9)13(17)12(14(18)19)8(2)16-7/h3-6H,1-2H3,(H,16,17)(H,18,19). The van der Waals surface area contributed by atoms with Crippen molar-refractivity contribution in [1.82, 2.24) is 4.98 Å². The van der Waals surface area contributed by atoms with Crippen LogP contribution >= 0.6 is 0 Å². The smallest absolute Gasteiger partial charge is 0.341 e. The minimum absolute atomic E-state index is 0.232. The van der Waals surface area contributed by atoms with Gasteiger partial charge < -0.3 is 10.2 Å². The van der Waals surface area contributed by atoms with E-state index >= 15 is 0 Å². The number of hydrogen-bond donors (Lipinski definition) is 2. The number of carboxylic acids is 1. The molecular formula is C14H12FNO3. The van der Waals surface area contributed by atoms with Gasteiger partial charge in [0.1, 0.15) is 17.1 Å². The third kappa shape index (κ3) is 2.27. The van der Waals surface area contributed by atoms with Crippen LogP contribution in [0.15, 0.2) is 24.3 Å². The number of hydrogen-bond acceptors (Lipinski definition) is 3. The van der Waals surface area contributed by atoms with Gasteiger partial charge >= 0.3 is 5.97 Å². The van der Waals surface area contributed by atoms with Gasteiger partial charge in [-0.3, -0.25) is 4.98 Å². The van der Waals surface area contributed by atoms with Crippen molar-refractivity contribution >= 4 is 5.97 Å². The first kappa shape index (κ1) is 13.0. The van der Waals surface area contributed by atoms with Crippen molar-refractivity contribution in [2.75, 3.05) is 0 Å². The van der Waals surface area contributed by atoms with Crippen LogP contribution in [-0.2, 0) is 0 Å². The Morgan fingerprint density at radius 2 is 1.74 bits per heavy atom. The van der Waals surface area contributed by atoms with Gasteiger partial charge in [-0.05, 0) is 31.5 Å². The van der Waals surface area contributed by atoms with Gasteiger partial charge in [0, 0.05) is 11.3 Å². The van der Waals surface area contributed by atoms with Crippen molar-refractivity contribution in [1.29, 1.82) is 0 Å². The average Bonchev–Trinajstić information content (AvgIpc) is 2.30. The first-order valence-corrected chi connectivity index (χ1v) is 5.61. The predicted octanol–water partition coefficient (Wildman–Crippen LogP) is 2.91. The molecule has 5 heteroatoms. The molecule has 0 amide bonds. The molecule has 0 aliphatic rings. The average molecular weight is 261 g/mol. The number of benzene rings is 1. The summed E-state index contributed by atoms with van der Waals surface area (Å²) in [5, 5.41) is 19.2. The number of carbonyl (C=O) groups is 1. The minimum Gasteiger partial charge on any atom is -0.506 e. The van der Waals surface area contributed by atoms with E-state index in [2.05, 4.69) is 4.98 Å². The van der Waals surface area contributed by atoms with Crippen molar-refractivity contribution in [2.24, 2.45) is 0 Å². The van der Waals surface area contributed by atoms with Crippen LogP contribution in [0.25, 0.3) is 11.1 Å². The minimum atomic E-state index is -1.24. The van der Waals surface area contributed by atoms with Gasteiger partial charge in [0.15, 0.2) is 0 Å². The van der Waals surface area contributed by atoms with Crippen molar-refractivity contribution in [2.45, 2.75) is 13.8 Å². The molecule has 1 aromatic carbocycles. The monoisotopic (exact) mass is 261 g/mol. The SMILES string of the molecule is Cc1nc(C)c(-c2ccc(F)cc2)c(O)c1C(=O)O. The summed E-state index contributed by atoms with van der Waals surface area (Å²) in [5.41, 5.74) is 1.33. The Hall–Kier alpha value is -2.43. The van der Waals surface area contributed by atoms with E-state index in [1.54, 1.807) is 6.92 Å². The molecule has 0 atom stereocenters.